The molecule has 3 atom stereocenters. The lowest BCUT2D eigenvalue weighted by Crippen LogP contribution is -2.53. The van der Waals surface area contributed by atoms with Gasteiger partial charge < -0.3 is 21.5 Å². The molecule has 1 rings (SSSR count). The lowest BCUT2D eigenvalue weighted by molar-refractivity contribution is -0.143. The van der Waals surface area contributed by atoms with Gasteiger partial charge in [0, 0.05) is 0 Å². The molecule has 1 heterocycles. The summed E-state index contributed by atoms with van der Waals surface area (Å²) in [6, 6.07) is -1.66. The van der Waals surface area contributed by atoms with E-state index in [2.05, 4.69) is 10.6 Å². The Kier molecular flexibility index (Phi) is 5.08. The van der Waals surface area contributed by atoms with Crippen LogP contribution in [0.4, 0.5) is 0 Å². The number of carbonyl (C=O) groups is 3. The predicted octanol–water partition coefficient (Wildman–Crippen LogP) is -1.18. The summed E-state index contributed by atoms with van der Waals surface area (Å²) in [6.07, 6.45) is 1.26. The predicted molar refractivity (Wildman–Crippen MR) is 63.6 cm³/mol. The Morgan fingerprint density at radius 2 is 2.17 bits per heavy atom. The van der Waals surface area contributed by atoms with Crippen LogP contribution < -0.4 is 16.4 Å². The normalized spacial score (nSPS) is 25.2. The molecule has 2 amide bonds. The van der Waals surface area contributed by atoms with Crippen molar-refractivity contribution in [2.45, 2.75) is 38.3 Å². The molecule has 7 heteroatoms. The first-order valence-corrected chi connectivity index (χ1v) is 5.95. The van der Waals surface area contributed by atoms with Crippen LogP contribution in [0.1, 0.15) is 26.2 Å². The standard InChI is InChI=1S/C11H19N3O4/c1-6-2-3-13-7(4-6)10(16)14-8(11(17)18)5-9(12)15/h6-8,13H,2-5H2,1H3,(H2,12,15)(H,14,16)(H,17,18). The minimum absolute atomic E-state index is 0.393. The molecule has 1 saturated heterocycles. The molecule has 0 bridgehead atoms. The van der Waals surface area contributed by atoms with E-state index in [1.165, 1.54) is 0 Å². The molecule has 1 fully saturated rings. The van der Waals surface area contributed by atoms with Crippen LogP contribution in [0.25, 0.3) is 0 Å². The van der Waals surface area contributed by atoms with Crippen LogP contribution in [0.3, 0.4) is 0 Å². The van der Waals surface area contributed by atoms with E-state index in [0.717, 1.165) is 13.0 Å². The number of hydrogen-bond acceptors (Lipinski definition) is 4. The summed E-state index contributed by atoms with van der Waals surface area (Å²) in [5.74, 6) is -1.99. The highest BCUT2D eigenvalue weighted by atomic mass is 16.4. The molecule has 18 heavy (non-hydrogen) atoms. The van der Waals surface area contributed by atoms with Gasteiger partial charge in [-0.25, -0.2) is 4.79 Å². The number of rotatable bonds is 5. The summed E-state index contributed by atoms with van der Waals surface area (Å²) >= 11 is 0. The number of piperidine rings is 1. The van der Waals surface area contributed by atoms with Crippen molar-refractivity contribution in [2.24, 2.45) is 11.7 Å². The first kappa shape index (κ1) is 14.4. The van der Waals surface area contributed by atoms with Gasteiger partial charge in [0.1, 0.15) is 6.04 Å². The van der Waals surface area contributed by atoms with E-state index in [4.69, 9.17) is 10.8 Å². The number of carboxylic acids is 1. The fraction of sp³-hybridized carbons (Fsp3) is 0.727. The van der Waals surface area contributed by atoms with Crippen LogP contribution in [-0.4, -0.2) is 41.5 Å². The Morgan fingerprint density at radius 3 is 2.67 bits per heavy atom. The van der Waals surface area contributed by atoms with Crippen molar-refractivity contribution in [3.8, 4) is 0 Å². The molecule has 102 valence electrons. The minimum atomic E-state index is -1.26. The second-order valence-electron chi connectivity index (χ2n) is 4.71. The molecule has 0 aromatic heterocycles. The van der Waals surface area contributed by atoms with Gasteiger partial charge in [0.2, 0.25) is 11.8 Å². The van der Waals surface area contributed by atoms with Crippen LogP contribution in [0.5, 0.6) is 0 Å². The van der Waals surface area contributed by atoms with Gasteiger partial charge in [-0.2, -0.15) is 0 Å². The summed E-state index contributed by atoms with van der Waals surface area (Å²) in [5, 5.41) is 14.2. The molecular weight excluding hydrogens is 238 g/mol. The van der Waals surface area contributed by atoms with Crippen LogP contribution in [0, 0.1) is 5.92 Å². The van der Waals surface area contributed by atoms with Gasteiger partial charge in [0.05, 0.1) is 12.5 Å². The van der Waals surface area contributed by atoms with Crippen molar-refractivity contribution < 1.29 is 19.5 Å². The van der Waals surface area contributed by atoms with E-state index < -0.39 is 36.3 Å². The van der Waals surface area contributed by atoms with Crippen LogP contribution >= 0.6 is 0 Å². The van der Waals surface area contributed by atoms with E-state index >= 15 is 0 Å². The Bertz CT molecular complexity index is 345. The highest BCUT2D eigenvalue weighted by molar-refractivity contribution is 5.90. The number of amides is 2. The summed E-state index contributed by atoms with van der Waals surface area (Å²) < 4.78 is 0. The molecule has 0 radical (unpaired) electrons. The Hall–Kier alpha value is -1.63. The van der Waals surface area contributed by atoms with E-state index in [1.807, 2.05) is 6.92 Å². The van der Waals surface area contributed by atoms with Gasteiger partial charge in [0.15, 0.2) is 0 Å². The highest BCUT2D eigenvalue weighted by Gasteiger charge is 2.29. The fourth-order valence-corrected chi connectivity index (χ4v) is 1.98. The number of hydrogen-bond donors (Lipinski definition) is 4. The third kappa shape index (κ3) is 4.33. The molecular formula is C11H19N3O4. The van der Waals surface area contributed by atoms with Crippen molar-refractivity contribution in [3.05, 3.63) is 0 Å². The number of carbonyl (C=O) groups excluding carboxylic acids is 2. The van der Waals surface area contributed by atoms with Gasteiger partial charge in [-0.1, -0.05) is 6.92 Å². The zero-order chi connectivity index (χ0) is 13.7. The molecule has 1 aliphatic rings. The van der Waals surface area contributed by atoms with Crippen molar-refractivity contribution >= 4 is 17.8 Å². The molecule has 0 saturated carbocycles. The first-order valence-electron chi connectivity index (χ1n) is 5.95. The molecule has 1 aliphatic heterocycles. The molecule has 3 unspecified atom stereocenters. The van der Waals surface area contributed by atoms with Gasteiger partial charge in [-0.3, -0.25) is 9.59 Å². The zero-order valence-electron chi connectivity index (χ0n) is 10.3. The van der Waals surface area contributed by atoms with E-state index in [9.17, 15) is 14.4 Å². The maximum atomic E-state index is 11.9. The molecule has 7 nitrogen and oxygen atoms in total. The number of nitrogens with two attached hydrogens (primary N) is 1. The number of primary amides is 1. The summed E-state index contributed by atoms with van der Waals surface area (Å²) in [7, 11) is 0. The van der Waals surface area contributed by atoms with Crippen molar-refractivity contribution in [1.29, 1.82) is 0 Å². The van der Waals surface area contributed by atoms with Gasteiger partial charge in [-0.15, -0.1) is 0 Å². The third-order valence-electron chi connectivity index (χ3n) is 3.00. The highest BCUT2D eigenvalue weighted by Crippen LogP contribution is 2.15. The quantitative estimate of drug-likeness (QED) is 0.494. The first-order chi connectivity index (χ1) is 8.40. The average molecular weight is 257 g/mol. The second kappa shape index (κ2) is 6.34. The smallest absolute Gasteiger partial charge is 0.326 e. The van der Waals surface area contributed by atoms with Gasteiger partial charge in [-0.05, 0) is 25.3 Å². The Morgan fingerprint density at radius 1 is 1.50 bits per heavy atom. The molecule has 0 spiro atoms. The lowest BCUT2D eigenvalue weighted by Gasteiger charge is -2.28. The zero-order valence-corrected chi connectivity index (χ0v) is 10.3. The van der Waals surface area contributed by atoms with E-state index in [1.54, 1.807) is 0 Å². The van der Waals surface area contributed by atoms with Gasteiger partial charge >= 0.3 is 5.97 Å². The van der Waals surface area contributed by atoms with Gasteiger partial charge in [0.25, 0.3) is 0 Å². The summed E-state index contributed by atoms with van der Waals surface area (Å²) in [5.41, 5.74) is 4.94. The third-order valence-corrected chi connectivity index (χ3v) is 3.00. The Labute approximate surface area is 105 Å². The van der Waals surface area contributed by atoms with Crippen LogP contribution in [0.2, 0.25) is 0 Å². The molecule has 5 N–H and O–H groups in total. The minimum Gasteiger partial charge on any atom is -0.480 e. The van der Waals surface area contributed by atoms with E-state index in [-0.39, 0.29) is 0 Å². The summed E-state index contributed by atoms with van der Waals surface area (Å²) in [6.45, 7) is 2.77. The maximum Gasteiger partial charge on any atom is 0.326 e. The Balaban J connectivity index is 2.54. The van der Waals surface area contributed by atoms with Crippen LogP contribution in [-0.2, 0) is 14.4 Å². The second-order valence-corrected chi connectivity index (χ2v) is 4.71. The number of nitrogens with one attached hydrogen (secondary N) is 2. The van der Waals surface area contributed by atoms with Crippen molar-refractivity contribution in [2.75, 3.05) is 6.54 Å². The van der Waals surface area contributed by atoms with Crippen molar-refractivity contribution in [3.63, 3.8) is 0 Å². The molecule has 0 aromatic carbocycles. The largest absolute Gasteiger partial charge is 0.480 e. The fourth-order valence-electron chi connectivity index (χ4n) is 1.98. The number of carboxylic acid groups (broad SMARTS) is 1. The average Bonchev–Trinajstić information content (AvgIpc) is 2.27. The number of aliphatic carboxylic acids is 1. The monoisotopic (exact) mass is 257 g/mol. The van der Waals surface area contributed by atoms with Crippen molar-refractivity contribution in [1.82, 2.24) is 10.6 Å². The van der Waals surface area contributed by atoms with E-state index in [0.29, 0.717) is 12.3 Å². The molecule has 0 aromatic rings. The topological polar surface area (TPSA) is 122 Å². The summed E-state index contributed by atoms with van der Waals surface area (Å²) in [4.78, 5) is 33.4. The lowest BCUT2D eigenvalue weighted by atomic mass is 9.93. The van der Waals surface area contributed by atoms with Crippen LogP contribution in [0.15, 0.2) is 0 Å². The molecule has 0 aliphatic carbocycles. The SMILES string of the molecule is CC1CCNC(C(=O)NC(CC(N)=O)C(=O)O)C1. The maximum absolute atomic E-state index is 11.9.